The first-order valence-corrected chi connectivity index (χ1v) is 9.18. The Labute approximate surface area is 158 Å². The van der Waals surface area contributed by atoms with Crippen LogP contribution in [0.1, 0.15) is 46.0 Å². The Morgan fingerprint density at radius 1 is 1.07 bits per heavy atom. The van der Waals surface area contributed by atoms with Gasteiger partial charge in [-0.15, -0.1) is 0 Å². The van der Waals surface area contributed by atoms with Crippen molar-refractivity contribution in [2.24, 2.45) is 5.92 Å². The van der Waals surface area contributed by atoms with Gasteiger partial charge in [0, 0.05) is 37.3 Å². The summed E-state index contributed by atoms with van der Waals surface area (Å²) < 4.78 is 10.1. The first-order chi connectivity index (χ1) is 12.8. The molecule has 1 amide bonds. The van der Waals surface area contributed by atoms with Crippen LogP contribution in [-0.2, 0) is 23.9 Å². The van der Waals surface area contributed by atoms with Crippen molar-refractivity contribution in [3.05, 3.63) is 36.0 Å². The lowest BCUT2D eigenvalue weighted by atomic mass is 9.88. The van der Waals surface area contributed by atoms with E-state index in [9.17, 15) is 14.4 Å². The van der Waals surface area contributed by atoms with Crippen molar-refractivity contribution >= 4 is 29.2 Å². The fourth-order valence-corrected chi connectivity index (χ4v) is 3.23. The highest BCUT2D eigenvalue weighted by Crippen LogP contribution is 2.26. The molecule has 0 aromatic heterocycles. The third kappa shape index (κ3) is 4.87. The summed E-state index contributed by atoms with van der Waals surface area (Å²) in [7, 11) is 0. The lowest BCUT2D eigenvalue weighted by molar-refractivity contribution is -0.222. The van der Waals surface area contributed by atoms with Crippen molar-refractivity contribution in [3.8, 4) is 0 Å². The Hall–Kier alpha value is -2.83. The molecule has 1 heterocycles. The first kappa shape index (κ1) is 18.9. The van der Waals surface area contributed by atoms with Gasteiger partial charge in [-0.3, -0.25) is 4.79 Å². The van der Waals surface area contributed by atoms with Gasteiger partial charge < -0.3 is 20.1 Å². The largest absolute Gasteiger partial charge is 0.419 e. The second kappa shape index (κ2) is 7.82. The second-order valence-corrected chi connectivity index (χ2v) is 7.29. The van der Waals surface area contributed by atoms with Gasteiger partial charge in [0.1, 0.15) is 0 Å². The summed E-state index contributed by atoms with van der Waals surface area (Å²) in [6.45, 7) is 2.98. The molecule has 1 aromatic rings. The van der Waals surface area contributed by atoms with Gasteiger partial charge in [0.2, 0.25) is 5.91 Å². The monoisotopic (exact) mass is 372 g/mol. The molecule has 0 radical (unpaired) electrons. The highest BCUT2D eigenvalue weighted by atomic mass is 16.7. The minimum Gasteiger partial charge on any atom is -0.419 e. The predicted octanol–water partition coefficient (Wildman–Crippen LogP) is 3.34. The number of benzene rings is 1. The SMILES string of the molecule is CC1(C)OC(=O)C(=CNc2cccc(NC(=O)C3CCCCC3)c2)C(=O)O1. The molecule has 1 aliphatic heterocycles. The number of carbonyl (C=O) groups is 3. The molecule has 2 N–H and O–H groups in total. The van der Waals surface area contributed by atoms with Crippen molar-refractivity contribution in [1.82, 2.24) is 0 Å². The molecule has 0 unspecified atom stereocenters. The van der Waals surface area contributed by atoms with Gasteiger partial charge in [0.25, 0.3) is 5.79 Å². The van der Waals surface area contributed by atoms with Crippen LogP contribution in [0.25, 0.3) is 0 Å². The molecule has 1 aliphatic carbocycles. The highest BCUT2D eigenvalue weighted by Gasteiger charge is 2.38. The molecule has 3 rings (SSSR count). The van der Waals surface area contributed by atoms with Crippen LogP contribution in [0.5, 0.6) is 0 Å². The van der Waals surface area contributed by atoms with Crippen molar-refractivity contribution < 1.29 is 23.9 Å². The number of cyclic esters (lactones) is 2. The predicted molar refractivity (Wildman–Crippen MR) is 99.6 cm³/mol. The molecule has 2 fully saturated rings. The Morgan fingerprint density at radius 3 is 2.37 bits per heavy atom. The minimum absolute atomic E-state index is 0.0341. The average Bonchev–Trinajstić information content (AvgIpc) is 2.61. The lowest BCUT2D eigenvalue weighted by Gasteiger charge is -2.29. The quantitative estimate of drug-likeness (QED) is 0.478. The maximum atomic E-state index is 12.4. The van der Waals surface area contributed by atoms with E-state index in [0.29, 0.717) is 11.4 Å². The van der Waals surface area contributed by atoms with E-state index in [1.807, 2.05) is 0 Å². The summed E-state index contributed by atoms with van der Waals surface area (Å²) in [5, 5.41) is 5.82. The molecule has 144 valence electrons. The van der Waals surface area contributed by atoms with Crippen LogP contribution in [-0.4, -0.2) is 23.6 Å². The zero-order valence-corrected chi connectivity index (χ0v) is 15.5. The topological polar surface area (TPSA) is 93.7 Å². The normalized spacial score (nSPS) is 19.7. The number of ether oxygens (including phenoxy) is 2. The summed E-state index contributed by atoms with van der Waals surface area (Å²) in [4.78, 5) is 36.2. The zero-order valence-electron chi connectivity index (χ0n) is 15.5. The van der Waals surface area contributed by atoms with E-state index in [-0.39, 0.29) is 17.4 Å². The van der Waals surface area contributed by atoms with E-state index >= 15 is 0 Å². The van der Waals surface area contributed by atoms with Crippen molar-refractivity contribution in [2.75, 3.05) is 10.6 Å². The van der Waals surface area contributed by atoms with Crippen LogP contribution in [0, 0.1) is 5.92 Å². The molecule has 1 aromatic carbocycles. The zero-order chi connectivity index (χ0) is 19.4. The van der Waals surface area contributed by atoms with Gasteiger partial charge in [0.05, 0.1) is 0 Å². The van der Waals surface area contributed by atoms with Crippen LogP contribution in [0.4, 0.5) is 11.4 Å². The second-order valence-electron chi connectivity index (χ2n) is 7.29. The first-order valence-electron chi connectivity index (χ1n) is 9.18. The number of hydrogen-bond donors (Lipinski definition) is 2. The maximum Gasteiger partial charge on any atom is 0.350 e. The maximum absolute atomic E-state index is 12.4. The van der Waals surface area contributed by atoms with Crippen LogP contribution >= 0.6 is 0 Å². The molecule has 7 heteroatoms. The van der Waals surface area contributed by atoms with E-state index in [1.165, 1.54) is 26.5 Å². The van der Waals surface area contributed by atoms with Gasteiger partial charge in [-0.25, -0.2) is 9.59 Å². The van der Waals surface area contributed by atoms with Gasteiger partial charge >= 0.3 is 11.9 Å². The summed E-state index contributed by atoms with van der Waals surface area (Å²) in [5.74, 6) is -2.66. The fourth-order valence-electron chi connectivity index (χ4n) is 3.23. The minimum atomic E-state index is -1.27. The smallest absolute Gasteiger partial charge is 0.350 e. The summed E-state index contributed by atoms with van der Waals surface area (Å²) in [6.07, 6.45) is 6.49. The van der Waals surface area contributed by atoms with Crippen molar-refractivity contribution in [1.29, 1.82) is 0 Å². The van der Waals surface area contributed by atoms with Crippen molar-refractivity contribution in [3.63, 3.8) is 0 Å². The van der Waals surface area contributed by atoms with Gasteiger partial charge in [-0.1, -0.05) is 25.3 Å². The summed E-state index contributed by atoms with van der Waals surface area (Å²) in [6, 6.07) is 7.07. The molecule has 7 nitrogen and oxygen atoms in total. The number of hydrogen-bond acceptors (Lipinski definition) is 6. The van der Waals surface area contributed by atoms with E-state index < -0.39 is 17.7 Å². The third-order valence-electron chi connectivity index (χ3n) is 4.61. The number of rotatable bonds is 4. The molecule has 2 aliphatic rings. The van der Waals surface area contributed by atoms with Gasteiger partial charge in [0.15, 0.2) is 5.57 Å². The van der Waals surface area contributed by atoms with E-state index in [1.54, 1.807) is 24.3 Å². The third-order valence-corrected chi connectivity index (χ3v) is 4.61. The molecular formula is C20H24N2O5. The molecular weight excluding hydrogens is 348 g/mol. The Morgan fingerprint density at radius 2 is 1.70 bits per heavy atom. The molecule has 0 atom stereocenters. The number of carbonyl (C=O) groups excluding carboxylic acids is 3. The molecule has 27 heavy (non-hydrogen) atoms. The van der Waals surface area contributed by atoms with Gasteiger partial charge in [-0.05, 0) is 31.0 Å². The number of anilines is 2. The Balaban J connectivity index is 1.64. The van der Waals surface area contributed by atoms with E-state index in [0.717, 1.165) is 25.7 Å². The molecule has 0 spiro atoms. The van der Waals surface area contributed by atoms with Crippen LogP contribution in [0.15, 0.2) is 36.0 Å². The van der Waals surface area contributed by atoms with Crippen LogP contribution < -0.4 is 10.6 Å². The number of nitrogens with one attached hydrogen (secondary N) is 2. The molecule has 1 saturated carbocycles. The highest BCUT2D eigenvalue weighted by molar-refractivity contribution is 6.15. The number of amides is 1. The average molecular weight is 372 g/mol. The van der Waals surface area contributed by atoms with Crippen molar-refractivity contribution in [2.45, 2.75) is 51.7 Å². The fraction of sp³-hybridized carbons (Fsp3) is 0.450. The van der Waals surface area contributed by atoms with E-state index in [2.05, 4.69) is 10.6 Å². The molecule has 1 saturated heterocycles. The van der Waals surface area contributed by atoms with E-state index in [4.69, 9.17) is 9.47 Å². The Kier molecular flexibility index (Phi) is 5.48. The lowest BCUT2D eigenvalue weighted by Crippen LogP contribution is -2.42. The van der Waals surface area contributed by atoms with Crippen LogP contribution in [0.3, 0.4) is 0 Å². The summed E-state index contributed by atoms with van der Waals surface area (Å²) >= 11 is 0. The molecule has 0 bridgehead atoms. The van der Waals surface area contributed by atoms with Crippen LogP contribution in [0.2, 0.25) is 0 Å². The standard InChI is InChI=1S/C20H24N2O5/c1-20(2)26-18(24)16(19(25)27-20)12-21-14-9-6-10-15(11-14)22-17(23)13-7-4-3-5-8-13/h6,9-13,21H,3-5,7-8H2,1-2H3,(H,22,23). The summed E-state index contributed by atoms with van der Waals surface area (Å²) in [5.41, 5.74) is 1.06. The number of esters is 2. The van der Waals surface area contributed by atoms with Gasteiger partial charge in [-0.2, -0.15) is 0 Å². The Bertz CT molecular complexity index is 756.